The van der Waals surface area contributed by atoms with Crippen molar-refractivity contribution in [3.63, 3.8) is 0 Å². The molecule has 0 saturated carbocycles. The summed E-state index contributed by atoms with van der Waals surface area (Å²) >= 11 is 0. The van der Waals surface area contributed by atoms with E-state index in [-0.39, 0.29) is 5.56 Å². The van der Waals surface area contributed by atoms with Gasteiger partial charge >= 0.3 is 12.4 Å². The molecule has 0 radical (unpaired) electrons. The van der Waals surface area contributed by atoms with Crippen LogP contribution in [0.1, 0.15) is 17.0 Å². The summed E-state index contributed by atoms with van der Waals surface area (Å²) in [5.74, 6) is -2.86. The van der Waals surface area contributed by atoms with E-state index in [0.717, 1.165) is 18.2 Å². The number of halogens is 6. The second-order valence-electron chi connectivity index (χ2n) is 4.43. The minimum atomic E-state index is -4.75. The number of amides is 1. The van der Waals surface area contributed by atoms with Gasteiger partial charge in [0.1, 0.15) is 0 Å². The van der Waals surface area contributed by atoms with Gasteiger partial charge in [0, 0.05) is 0 Å². The fourth-order valence-electron chi connectivity index (χ4n) is 1.66. The maximum Gasteiger partial charge on any atom is 0.451 e. The minimum absolute atomic E-state index is 0.0453. The van der Waals surface area contributed by atoms with Gasteiger partial charge < -0.3 is 0 Å². The predicted octanol–water partition coefficient (Wildman–Crippen LogP) is 3.02. The van der Waals surface area contributed by atoms with E-state index in [1.165, 1.54) is 6.07 Å². The molecule has 2 aromatic rings. The Bertz CT molecular complexity index is 706. The van der Waals surface area contributed by atoms with Crippen LogP contribution in [-0.4, -0.2) is 21.1 Å². The Labute approximate surface area is 124 Å². The lowest BCUT2D eigenvalue weighted by Gasteiger charge is -2.08. The van der Waals surface area contributed by atoms with Crippen molar-refractivity contribution >= 4 is 11.9 Å². The number of H-pyrrole nitrogens is 1. The highest BCUT2D eigenvalue weighted by Gasteiger charge is 2.35. The molecule has 0 aliphatic carbocycles. The van der Waals surface area contributed by atoms with Crippen molar-refractivity contribution in [3.8, 4) is 0 Å². The molecule has 0 atom stereocenters. The predicted molar refractivity (Wildman–Crippen MR) is 65.2 cm³/mol. The van der Waals surface area contributed by atoms with Crippen molar-refractivity contribution in [2.24, 2.45) is 0 Å². The van der Waals surface area contributed by atoms with Crippen molar-refractivity contribution in [1.82, 2.24) is 15.2 Å². The van der Waals surface area contributed by atoms with Crippen LogP contribution in [0.2, 0.25) is 0 Å². The molecule has 0 fully saturated rings. The second-order valence-corrected chi connectivity index (χ2v) is 4.43. The number of rotatable bonds is 3. The third-order valence-electron chi connectivity index (χ3n) is 2.62. The van der Waals surface area contributed by atoms with Gasteiger partial charge in [-0.05, 0) is 11.6 Å². The normalized spacial score (nSPS) is 12.3. The maximum absolute atomic E-state index is 12.5. The second kappa shape index (κ2) is 5.89. The van der Waals surface area contributed by atoms with Crippen LogP contribution in [0.4, 0.5) is 32.3 Å². The Hall–Kier alpha value is -2.59. The molecule has 2 N–H and O–H groups in total. The van der Waals surface area contributed by atoms with E-state index >= 15 is 0 Å². The monoisotopic (exact) mass is 338 g/mol. The van der Waals surface area contributed by atoms with Gasteiger partial charge in [0.2, 0.25) is 17.7 Å². The Morgan fingerprint density at radius 3 is 2.39 bits per heavy atom. The lowest BCUT2D eigenvalue weighted by Crippen LogP contribution is -2.16. The molecular weight excluding hydrogens is 330 g/mol. The molecule has 11 heteroatoms. The first-order valence-corrected chi connectivity index (χ1v) is 6.01. The van der Waals surface area contributed by atoms with Crippen LogP contribution in [0.15, 0.2) is 24.3 Å². The molecule has 0 unspecified atom stereocenters. The molecule has 1 heterocycles. The minimum Gasteiger partial charge on any atom is -0.293 e. The fourth-order valence-corrected chi connectivity index (χ4v) is 1.66. The zero-order valence-electron chi connectivity index (χ0n) is 11.1. The van der Waals surface area contributed by atoms with Gasteiger partial charge in [0.15, 0.2) is 0 Å². The van der Waals surface area contributed by atoms with E-state index in [9.17, 15) is 31.1 Å². The molecule has 5 nitrogen and oxygen atoms in total. The summed E-state index contributed by atoms with van der Waals surface area (Å²) in [5.41, 5.74) is -0.885. The van der Waals surface area contributed by atoms with Crippen molar-refractivity contribution in [2.75, 3.05) is 5.32 Å². The highest BCUT2D eigenvalue weighted by molar-refractivity contribution is 5.90. The summed E-state index contributed by atoms with van der Waals surface area (Å²) in [6.45, 7) is 0. The van der Waals surface area contributed by atoms with Crippen LogP contribution in [0.3, 0.4) is 0 Å². The van der Waals surface area contributed by atoms with Crippen LogP contribution in [0.25, 0.3) is 0 Å². The summed E-state index contributed by atoms with van der Waals surface area (Å²) in [4.78, 5) is 14.7. The van der Waals surface area contributed by atoms with E-state index < -0.39 is 42.0 Å². The summed E-state index contributed by atoms with van der Waals surface area (Å²) in [6, 6.07) is 4.03. The molecule has 1 aromatic heterocycles. The zero-order valence-corrected chi connectivity index (χ0v) is 11.1. The molecule has 0 spiro atoms. The van der Waals surface area contributed by atoms with Gasteiger partial charge in [-0.25, -0.2) is 0 Å². The number of aromatic amines is 1. The SMILES string of the molecule is O=C(Cc1cccc(C(F)(F)F)c1)Nc1n[nH]c(C(F)(F)F)n1. The highest BCUT2D eigenvalue weighted by Crippen LogP contribution is 2.29. The van der Waals surface area contributed by atoms with Gasteiger partial charge in [0.25, 0.3) is 0 Å². The summed E-state index contributed by atoms with van der Waals surface area (Å²) in [5, 5.41) is 6.71. The largest absolute Gasteiger partial charge is 0.451 e. The highest BCUT2D eigenvalue weighted by atomic mass is 19.4. The van der Waals surface area contributed by atoms with Gasteiger partial charge in [-0.15, -0.1) is 5.10 Å². The van der Waals surface area contributed by atoms with E-state index in [2.05, 4.69) is 10.1 Å². The number of hydrogen-bond acceptors (Lipinski definition) is 3. The summed E-state index contributed by atoms with van der Waals surface area (Å²) < 4.78 is 74.5. The first kappa shape index (κ1) is 16.8. The number of nitrogens with zero attached hydrogens (tertiary/aromatic N) is 2. The third kappa shape index (κ3) is 4.44. The average molecular weight is 338 g/mol. The zero-order chi connectivity index (χ0) is 17.3. The van der Waals surface area contributed by atoms with Crippen LogP contribution in [0, 0.1) is 0 Å². The van der Waals surface area contributed by atoms with Crippen molar-refractivity contribution in [2.45, 2.75) is 18.8 Å². The standard InChI is InChI=1S/C12H8F6N4O/c13-11(14,15)7-3-1-2-6(4-7)5-8(23)19-10-20-9(21-22-10)12(16,17)18/h1-4H,5H2,(H2,19,20,21,22,23). The first-order chi connectivity index (χ1) is 10.6. The van der Waals surface area contributed by atoms with Crippen LogP contribution in [0.5, 0.6) is 0 Å². The van der Waals surface area contributed by atoms with Crippen molar-refractivity contribution < 1.29 is 31.1 Å². The lowest BCUT2D eigenvalue weighted by molar-refractivity contribution is -0.144. The average Bonchev–Trinajstić information content (AvgIpc) is 2.86. The van der Waals surface area contributed by atoms with Crippen LogP contribution in [-0.2, 0) is 23.6 Å². The molecule has 0 aliphatic heterocycles. The van der Waals surface area contributed by atoms with Gasteiger partial charge in [0.05, 0.1) is 12.0 Å². The smallest absolute Gasteiger partial charge is 0.293 e. The van der Waals surface area contributed by atoms with E-state index in [0.29, 0.717) is 0 Å². The Balaban J connectivity index is 2.04. The van der Waals surface area contributed by atoms with Crippen LogP contribution >= 0.6 is 0 Å². The lowest BCUT2D eigenvalue weighted by atomic mass is 10.1. The summed E-state index contributed by atoms with van der Waals surface area (Å²) in [6.07, 6.45) is -9.78. The number of hydrogen-bond donors (Lipinski definition) is 2. The molecule has 23 heavy (non-hydrogen) atoms. The molecular formula is C12H8F6N4O. The first-order valence-electron chi connectivity index (χ1n) is 6.01. The van der Waals surface area contributed by atoms with Gasteiger partial charge in [-0.1, -0.05) is 18.2 Å². The molecule has 0 aliphatic rings. The molecule has 0 bridgehead atoms. The Morgan fingerprint density at radius 2 is 1.83 bits per heavy atom. The summed E-state index contributed by atoms with van der Waals surface area (Å²) in [7, 11) is 0. The van der Waals surface area contributed by atoms with Crippen molar-refractivity contribution in [3.05, 3.63) is 41.2 Å². The van der Waals surface area contributed by atoms with Gasteiger partial charge in [-0.2, -0.15) is 31.3 Å². The maximum atomic E-state index is 12.5. The van der Waals surface area contributed by atoms with E-state index in [4.69, 9.17) is 0 Å². The number of carbonyl (C=O) groups is 1. The Morgan fingerprint density at radius 1 is 1.13 bits per heavy atom. The quantitative estimate of drug-likeness (QED) is 0.845. The fraction of sp³-hybridized carbons (Fsp3) is 0.250. The van der Waals surface area contributed by atoms with Crippen LogP contribution < -0.4 is 5.32 Å². The van der Waals surface area contributed by atoms with Gasteiger partial charge in [-0.3, -0.25) is 15.2 Å². The molecule has 2 rings (SSSR count). The van der Waals surface area contributed by atoms with Crippen molar-refractivity contribution in [1.29, 1.82) is 0 Å². The molecule has 124 valence electrons. The third-order valence-corrected chi connectivity index (χ3v) is 2.62. The number of carbonyl (C=O) groups excluding carboxylic acids is 1. The number of aromatic nitrogens is 3. The Kier molecular flexibility index (Phi) is 4.30. The number of nitrogens with one attached hydrogen (secondary N) is 2. The number of alkyl halides is 6. The number of anilines is 1. The van der Waals surface area contributed by atoms with E-state index in [1.807, 2.05) is 5.32 Å². The molecule has 1 aromatic carbocycles. The van der Waals surface area contributed by atoms with E-state index in [1.54, 1.807) is 5.10 Å². The molecule has 1 amide bonds. The topological polar surface area (TPSA) is 70.7 Å². The molecule has 0 saturated heterocycles. The number of benzene rings is 1.